The first-order chi connectivity index (χ1) is 8.32. The van der Waals surface area contributed by atoms with Crippen molar-refractivity contribution in [1.82, 2.24) is 9.97 Å². The van der Waals surface area contributed by atoms with Crippen LogP contribution in [0.25, 0.3) is 11.0 Å². The minimum atomic E-state index is -3.61. The van der Waals surface area contributed by atoms with Gasteiger partial charge in [0.1, 0.15) is 0 Å². The maximum atomic E-state index is 13.1. The van der Waals surface area contributed by atoms with E-state index in [-0.39, 0.29) is 21.9 Å². The molecule has 0 aliphatic heterocycles. The van der Waals surface area contributed by atoms with Crippen LogP contribution in [0.3, 0.4) is 0 Å². The summed E-state index contributed by atoms with van der Waals surface area (Å²) in [6.07, 6.45) is 0.962. The van der Waals surface area contributed by atoms with Gasteiger partial charge in [0.05, 0.1) is 11.0 Å². The molecule has 1 heterocycles. The Morgan fingerprint density at radius 3 is 2.06 bits per heavy atom. The predicted molar refractivity (Wildman–Crippen MR) is 62.1 cm³/mol. The Morgan fingerprint density at radius 1 is 1.11 bits per heavy atom. The van der Waals surface area contributed by atoms with Crippen molar-refractivity contribution in [2.75, 3.05) is 18.6 Å². The Kier molecular flexibility index (Phi) is 2.89. The van der Waals surface area contributed by atoms with Gasteiger partial charge in [-0.1, -0.05) is 0 Å². The number of benzene rings is 1. The van der Waals surface area contributed by atoms with E-state index in [1.54, 1.807) is 0 Å². The van der Waals surface area contributed by atoms with Crippen LogP contribution >= 0.6 is 0 Å². The van der Waals surface area contributed by atoms with Crippen molar-refractivity contribution in [2.24, 2.45) is 0 Å². The summed E-state index contributed by atoms with van der Waals surface area (Å²) in [6, 6.07) is 1.68. The molecule has 2 aromatic rings. The van der Waals surface area contributed by atoms with Crippen LogP contribution in [0.5, 0.6) is 0 Å². The highest BCUT2D eigenvalue weighted by Crippen LogP contribution is 2.22. The van der Waals surface area contributed by atoms with Crippen LogP contribution in [0.15, 0.2) is 17.2 Å². The third-order valence-corrected chi connectivity index (χ3v) is 3.25. The first-order valence-corrected chi connectivity index (χ1v) is 6.76. The Bertz CT molecular complexity index is 731. The van der Waals surface area contributed by atoms with Gasteiger partial charge < -0.3 is 5.32 Å². The molecule has 0 aliphatic rings. The molecule has 0 bridgehead atoms. The minimum absolute atomic E-state index is 0.00370. The molecule has 1 aromatic heterocycles. The van der Waals surface area contributed by atoms with Crippen LogP contribution in [0.4, 0.5) is 14.6 Å². The second-order valence-corrected chi connectivity index (χ2v) is 5.59. The number of rotatable bonds is 2. The largest absolute Gasteiger partial charge is 0.371 e. The zero-order valence-electron chi connectivity index (χ0n) is 9.53. The highest BCUT2D eigenvalue weighted by atomic mass is 32.2. The molecule has 0 radical (unpaired) electrons. The molecule has 0 saturated heterocycles. The Hall–Kier alpha value is -1.83. The lowest BCUT2D eigenvalue weighted by Gasteiger charge is -2.07. The molecule has 18 heavy (non-hydrogen) atoms. The van der Waals surface area contributed by atoms with Crippen molar-refractivity contribution in [3.05, 3.63) is 23.8 Å². The summed E-state index contributed by atoms with van der Waals surface area (Å²) in [7, 11) is -2.15. The van der Waals surface area contributed by atoms with Crippen LogP contribution < -0.4 is 5.32 Å². The van der Waals surface area contributed by atoms with Gasteiger partial charge >= 0.3 is 0 Å². The maximum Gasteiger partial charge on any atom is 0.198 e. The van der Waals surface area contributed by atoms with E-state index < -0.39 is 21.5 Å². The molecule has 0 unspecified atom stereocenters. The molecule has 0 saturated carbocycles. The summed E-state index contributed by atoms with van der Waals surface area (Å²) < 4.78 is 49.1. The van der Waals surface area contributed by atoms with Gasteiger partial charge in [-0.25, -0.2) is 27.2 Å². The molecule has 0 spiro atoms. The molecule has 0 amide bonds. The van der Waals surface area contributed by atoms with Gasteiger partial charge in [-0.15, -0.1) is 0 Å². The number of sulfone groups is 1. The minimum Gasteiger partial charge on any atom is -0.371 e. The third kappa shape index (κ3) is 2.10. The Balaban J connectivity index is 2.86. The number of nitrogens with one attached hydrogen (secondary N) is 1. The Morgan fingerprint density at radius 2 is 1.61 bits per heavy atom. The average Bonchev–Trinajstić information content (AvgIpc) is 2.28. The molecule has 2 rings (SSSR count). The van der Waals surface area contributed by atoms with Gasteiger partial charge in [-0.2, -0.15) is 0 Å². The summed E-state index contributed by atoms with van der Waals surface area (Å²) in [5.41, 5.74) is 0.0546. The molecule has 8 heteroatoms. The number of anilines is 1. The van der Waals surface area contributed by atoms with Crippen molar-refractivity contribution < 1.29 is 17.2 Å². The topological polar surface area (TPSA) is 72.0 Å². The van der Waals surface area contributed by atoms with Crippen LogP contribution in [0, 0.1) is 11.6 Å². The van der Waals surface area contributed by atoms with E-state index in [0.29, 0.717) is 0 Å². The van der Waals surface area contributed by atoms with E-state index in [2.05, 4.69) is 15.3 Å². The van der Waals surface area contributed by atoms with E-state index in [9.17, 15) is 17.2 Å². The normalized spacial score (nSPS) is 11.8. The lowest BCUT2D eigenvalue weighted by Crippen LogP contribution is -2.08. The molecule has 0 fully saturated rings. The van der Waals surface area contributed by atoms with E-state index in [1.807, 2.05) is 0 Å². The zero-order valence-corrected chi connectivity index (χ0v) is 10.3. The maximum absolute atomic E-state index is 13.1. The highest BCUT2D eigenvalue weighted by molar-refractivity contribution is 7.90. The lowest BCUT2D eigenvalue weighted by molar-refractivity contribution is 0.510. The molecular formula is C10H9F2N3O2S. The van der Waals surface area contributed by atoms with E-state index in [0.717, 1.165) is 18.4 Å². The summed E-state index contributed by atoms with van der Waals surface area (Å²) >= 11 is 0. The van der Waals surface area contributed by atoms with Gasteiger partial charge in [0.2, 0.25) is 0 Å². The SMILES string of the molecule is CNc1nc2cc(F)c(F)cc2nc1S(C)(=O)=O. The van der Waals surface area contributed by atoms with Crippen molar-refractivity contribution in [3.63, 3.8) is 0 Å². The predicted octanol–water partition coefficient (Wildman–Crippen LogP) is 1.35. The molecule has 96 valence electrons. The quantitative estimate of drug-likeness (QED) is 0.894. The van der Waals surface area contributed by atoms with Crippen LogP contribution in [0.2, 0.25) is 0 Å². The average molecular weight is 273 g/mol. The summed E-state index contributed by atoms with van der Waals surface area (Å²) in [4.78, 5) is 7.70. The first-order valence-electron chi connectivity index (χ1n) is 4.87. The number of hydrogen-bond acceptors (Lipinski definition) is 5. The van der Waals surface area contributed by atoms with E-state index in [4.69, 9.17) is 0 Å². The second-order valence-electron chi connectivity index (χ2n) is 3.65. The first kappa shape index (κ1) is 12.6. The van der Waals surface area contributed by atoms with Crippen molar-refractivity contribution >= 4 is 26.7 Å². The second kappa shape index (κ2) is 4.13. The Labute approximate surface area is 102 Å². The van der Waals surface area contributed by atoms with Crippen LogP contribution in [-0.2, 0) is 9.84 Å². The molecule has 0 aliphatic carbocycles. The zero-order chi connectivity index (χ0) is 13.5. The summed E-state index contributed by atoms with van der Waals surface area (Å²) in [6.45, 7) is 0. The fraction of sp³-hybridized carbons (Fsp3) is 0.200. The van der Waals surface area contributed by atoms with Gasteiger partial charge in [-0.05, 0) is 0 Å². The summed E-state index contributed by atoms with van der Waals surface area (Å²) in [5.74, 6) is -2.17. The van der Waals surface area contributed by atoms with Gasteiger partial charge in [0, 0.05) is 25.4 Å². The molecule has 1 N–H and O–H groups in total. The fourth-order valence-corrected chi connectivity index (χ4v) is 2.22. The number of nitrogens with zero attached hydrogens (tertiary/aromatic N) is 2. The van der Waals surface area contributed by atoms with Gasteiger partial charge in [-0.3, -0.25) is 0 Å². The highest BCUT2D eigenvalue weighted by Gasteiger charge is 2.18. The van der Waals surface area contributed by atoms with Gasteiger partial charge in [0.15, 0.2) is 32.3 Å². The van der Waals surface area contributed by atoms with E-state index >= 15 is 0 Å². The smallest absolute Gasteiger partial charge is 0.198 e. The summed E-state index contributed by atoms with van der Waals surface area (Å²) in [5, 5.41) is 2.26. The van der Waals surface area contributed by atoms with Gasteiger partial charge in [0.25, 0.3) is 0 Å². The molecule has 1 aromatic carbocycles. The number of fused-ring (bicyclic) bond motifs is 1. The fourth-order valence-electron chi connectivity index (χ4n) is 1.46. The molecular weight excluding hydrogens is 264 g/mol. The molecule has 0 atom stereocenters. The lowest BCUT2D eigenvalue weighted by atomic mass is 10.3. The standard InChI is InChI=1S/C10H9F2N3O2S/c1-13-9-10(18(2,16)17)15-8-4-6(12)5(11)3-7(8)14-9/h3-4H,1-2H3,(H,13,14). The monoisotopic (exact) mass is 273 g/mol. The third-order valence-electron chi connectivity index (χ3n) is 2.26. The number of halogens is 2. The van der Waals surface area contributed by atoms with Crippen LogP contribution in [0.1, 0.15) is 0 Å². The van der Waals surface area contributed by atoms with Crippen molar-refractivity contribution in [2.45, 2.75) is 5.03 Å². The van der Waals surface area contributed by atoms with E-state index in [1.165, 1.54) is 7.05 Å². The van der Waals surface area contributed by atoms with Crippen molar-refractivity contribution in [1.29, 1.82) is 0 Å². The van der Waals surface area contributed by atoms with Crippen LogP contribution in [-0.4, -0.2) is 31.7 Å². The molecule has 5 nitrogen and oxygen atoms in total. The number of hydrogen-bond donors (Lipinski definition) is 1. The number of aromatic nitrogens is 2. The van der Waals surface area contributed by atoms with Crippen molar-refractivity contribution in [3.8, 4) is 0 Å².